The number of benzene rings is 2. The molecule has 0 aliphatic carbocycles. The zero-order valence-electron chi connectivity index (χ0n) is 12.1. The van der Waals surface area contributed by atoms with Crippen molar-refractivity contribution in [3.8, 4) is 11.4 Å². The van der Waals surface area contributed by atoms with Crippen LogP contribution in [-0.4, -0.2) is 9.97 Å². The molecule has 0 saturated heterocycles. The van der Waals surface area contributed by atoms with Gasteiger partial charge >= 0.3 is 0 Å². The summed E-state index contributed by atoms with van der Waals surface area (Å²) in [6.07, 6.45) is 0. The van der Waals surface area contributed by atoms with Gasteiger partial charge in [0.25, 0.3) is 0 Å². The first kappa shape index (κ1) is 12.7. The summed E-state index contributed by atoms with van der Waals surface area (Å²) >= 11 is 0. The summed E-state index contributed by atoms with van der Waals surface area (Å²) in [5.74, 6) is 0.881. The van der Waals surface area contributed by atoms with Crippen LogP contribution in [0, 0.1) is 0 Å². The molecule has 102 valence electrons. The molecule has 0 aliphatic rings. The molecule has 0 amide bonds. The number of fused-ring (bicyclic) bond motifs is 1. The summed E-state index contributed by atoms with van der Waals surface area (Å²) in [6, 6.07) is 14.2. The van der Waals surface area contributed by atoms with Crippen LogP contribution in [0.4, 0.5) is 5.69 Å². The van der Waals surface area contributed by atoms with E-state index in [4.69, 9.17) is 10.7 Å². The van der Waals surface area contributed by atoms with E-state index in [1.54, 1.807) is 0 Å². The quantitative estimate of drug-likeness (QED) is 0.650. The van der Waals surface area contributed by atoms with Crippen molar-refractivity contribution in [2.75, 3.05) is 5.73 Å². The Kier molecular flexibility index (Phi) is 2.78. The minimum absolute atomic E-state index is 0.133. The number of hydrogen-bond donors (Lipinski definition) is 2. The molecule has 0 saturated carbocycles. The molecule has 0 spiro atoms. The third-order valence-electron chi connectivity index (χ3n) is 3.53. The van der Waals surface area contributed by atoms with Crippen molar-refractivity contribution in [1.29, 1.82) is 0 Å². The summed E-state index contributed by atoms with van der Waals surface area (Å²) in [7, 11) is 0. The Labute approximate surface area is 118 Å². The molecule has 1 heterocycles. The maximum Gasteiger partial charge on any atom is 0.138 e. The van der Waals surface area contributed by atoms with Crippen LogP contribution >= 0.6 is 0 Å². The number of anilines is 1. The molecule has 0 unspecified atom stereocenters. The van der Waals surface area contributed by atoms with Crippen LogP contribution in [0.5, 0.6) is 0 Å². The highest BCUT2D eigenvalue weighted by Gasteiger charge is 2.15. The minimum Gasteiger partial charge on any atom is -0.399 e. The van der Waals surface area contributed by atoms with Gasteiger partial charge in [0, 0.05) is 11.3 Å². The first-order chi connectivity index (χ1) is 9.43. The number of hydrogen-bond acceptors (Lipinski definition) is 2. The second-order valence-corrected chi connectivity index (χ2v) is 6.19. The molecule has 3 heteroatoms. The van der Waals surface area contributed by atoms with Crippen LogP contribution in [0.15, 0.2) is 42.5 Å². The molecule has 0 atom stereocenters. The molecule has 0 radical (unpaired) electrons. The van der Waals surface area contributed by atoms with E-state index in [1.807, 2.05) is 24.3 Å². The van der Waals surface area contributed by atoms with E-state index < -0.39 is 0 Å². The van der Waals surface area contributed by atoms with Crippen molar-refractivity contribution in [2.45, 2.75) is 26.2 Å². The molecule has 3 nitrogen and oxygen atoms in total. The Morgan fingerprint density at radius 2 is 1.70 bits per heavy atom. The Morgan fingerprint density at radius 1 is 1.00 bits per heavy atom. The van der Waals surface area contributed by atoms with E-state index in [2.05, 4.69) is 44.0 Å². The lowest BCUT2D eigenvalue weighted by Gasteiger charge is -2.18. The van der Waals surface area contributed by atoms with Gasteiger partial charge in [0.05, 0.1) is 11.0 Å². The van der Waals surface area contributed by atoms with Crippen molar-refractivity contribution >= 4 is 16.7 Å². The summed E-state index contributed by atoms with van der Waals surface area (Å²) in [5.41, 5.74) is 11.0. The lowest BCUT2D eigenvalue weighted by atomic mass is 9.87. The summed E-state index contributed by atoms with van der Waals surface area (Å²) < 4.78 is 0. The van der Waals surface area contributed by atoms with Gasteiger partial charge in [0.1, 0.15) is 5.82 Å². The van der Waals surface area contributed by atoms with Crippen LogP contribution in [0.3, 0.4) is 0 Å². The van der Waals surface area contributed by atoms with E-state index in [9.17, 15) is 0 Å². The molecule has 3 aromatic rings. The number of imidazole rings is 1. The molecule has 0 aliphatic heterocycles. The summed E-state index contributed by atoms with van der Waals surface area (Å²) in [5, 5.41) is 0. The molecule has 20 heavy (non-hydrogen) atoms. The van der Waals surface area contributed by atoms with Crippen molar-refractivity contribution in [3.63, 3.8) is 0 Å². The van der Waals surface area contributed by atoms with Gasteiger partial charge in [0.2, 0.25) is 0 Å². The fraction of sp³-hybridized carbons (Fsp3) is 0.235. The number of nitrogen functional groups attached to an aromatic ring is 1. The molecular weight excluding hydrogens is 246 g/mol. The molecule has 1 aromatic heterocycles. The maximum absolute atomic E-state index is 5.72. The monoisotopic (exact) mass is 265 g/mol. The smallest absolute Gasteiger partial charge is 0.138 e. The Hall–Kier alpha value is -2.29. The highest BCUT2D eigenvalue weighted by Crippen LogP contribution is 2.27. The summed E-state index contributed by atoms with van der Waals surface area (Å²) in [6.45, 7) is 6.63. The second-order valence-electron chi connectivity index (χ2n) is 6.19. The number of nitrogens with two attached hydrogens (primary N) is 1. The van der Waals surface area contributed by atoms with Gasteiger partial charge in [-0.2, -0.15) is 0 Å². The predicted molar refractivity (Wildman–Crippen MR) is 84.6 cm³/mol. The van der Waals surface area contributed by atoms with E-state index in [0.29, 0.717) is 0 Å². The van der Waals surface area contributed by atoms with Gasteiger partial charge in [-0.05, 0) is 47.4 Å². The summed E-state index contributed by atoms with van der Waals surface area (Å²) in [4.78, 5) is 8.05. The molecule has 0 bridgehead atoms. The van der Waals surface area contributed by atoms with E-state index in [0.717, 1.165) is 28.1 Å². The van der Waals surface area contributed by atoms with Crippen LogP contribution < -0.4 is 5.73 Å². The third kappa shape index (κ3) is 2.27. The van der Waals surface area contributed by atoms with Gasteiger partial charge < -0.3 is 10.7 Å². The van der Waals surface area contributed by atoms with Crippen molar-refractivity contribution in [3.05, 3.63) is 48.0 Å². The zero-order chi connectivity index (χ0) is 14.3. The van der Waals surface area contributed by atoms with Crippen LogP contribution in [0.2, 0.25) is 0 Å². The number of H-pyrrole nitrogens is 1. The van der Waals surface area contributed by atoms with E-state index >= 15 is 0 Å². The average molecular weight is 265 g/mol. The average Bonchev–Trinajstić information content (AvgIpc) is 2.81. The molecule has 3 rings (SSSR count). The number of aromatic nitrogens is 2. The number of rotatable bonds is 1. The highest BCUT2D eigenvalue weighted by atomic mass is 14.9. The SMILES string of the molecule is CC(C)(C)c1ccc2[nH]c(-c3ccc(N)cc3)nc2c1. The molecular formula is C17H19N3. The fourth-order valence-corrected chi connectivity index (χ4v) is 2.25. The normalized spacial score (nSPS) is 11.9. The second kappa shape index (κ2) is 4.37. The molecule has 0 fully saturated rings. The lowest BCUT2D eigenvalue weighted by molar-refractivity contribution is 0.591. The Balaban J connectivity index is 2.09. The van der Waals surface area contributed by atoms with Crippen LogP contribution in [0.1, 0.15) is 26.3 Å². The van der Waals surface area contributed by atoms with Gasteiger partial charge in [-0.15, -0.1) is 0 Å². The molecule has 2 aromatic carbocycles. The Bertz CT molecular complexity index is 746. The van der Waals surface area contributed by atoms with Gasteiger partial charge in [0.15, 0.2) is 0 Å². The van der Waals surface area contributed by atoms with Crippen molar-refractivity contribution in [1.82, 2.24) is 9.97 Å². The Morgan fingerprint density at radius 3 is 2.35 bits per heavy atom. The highest BCUT2D eigenvalue weighted by molar-refractivity contribution is 5.80. The van der Waals surface area contributed by atoms with Gasteiger partial charge in [-0.1, -0.05) is 26.8 Å². The van der Waals surface area contributed by atoms with E-state index in [-0.39, 0.29) is 5.41 Å². The standard InChI is InChI=1S/C17H19N3/c1-17(2,3)12-6-9-14-15(10-12)20-16(19-14)11-4-7-13(18)8-5-11/h4-10H,18H2,1-3H3,(H,19,20). The number of nitrogens with zero attached hydrogens (tertiary/aromatic N) is 1. The lowest BCUT2D eigenvalue weighted by Crippen LogP contribution is -2.10. The van der Waals surface area contributed by atoms with Gasteiger partial charge in [-0.25, -0.2) is 4.98 Å². The maximum atomic E-state index is 5.72. The van der Waals surface area contributed by atoms with Crippen LogP contribution in [-0.2, 0) is 5.41 Å². The molecule has 3 N–H and O–H groups in total. The van der Waals surface area contributed by atoms with E-state index in [1.165, 1.54) is 5.56 Å². The topological polar surface area (TPSA) is 54.7 Å². The van der Waals surface area contributed by atoms with Crippen molar-refractivity contribution in [2.24, 2.45) is 0 Å². The first-order valence-electron chi connectivity index (χ1n) is 6.80. The van der Waals surface area contributed by atoms with Gasteiger partial charge in [-0.3, -0.25) is 0 Å². The fourth-order valence-electron chi connectivity index (χ4n) is 2.25. The third-order valence-corrected chi connectivity index (χ3v) is 3.53. The van der Waals surface area contributed by atoms with Crippen molar-refractivity contribution < 1.29 is 0 Å². The van der Waals surface area contributed by atoms with Crippen LogP contribution in [0.25, 0.3) is 22.4 Å². The predicted octanol–water partition coefficient (Wildman–Crippen LogP) is 4.11. The minimum atomic E-state index is 0.133. The number of aromatic amines is 1. The number of nitrogens with one attached hydrogen (secondary N) is 1. The largest absolute Gasteiger partial charge is 0.399 e. The zero-order valence-corrected chi connectivity index (χ0v) is 12.1. The first-order valence-corrected chi connectivity index (χ1v) is 6.80.